The highest BCUT2D eigenvalue weighted by atomic mass is 31.2. The summed E-state index contributed by atoms with van der Waals surface area (Å²) in [5.41, 5.74) is 1.04. The fraction of sp³-hybridized carbons (Fsp3) is 0.478. The first-order valence-electron chi connectivity index (χ1n) is 12.0. The number of benzene rings is 1. The molecule has 0 spiro atoms. The number of ether oxygens (including phenoxy) is 1. The molecule has 15 heteroatoms. The zero-order valence-electron chi connectivity index (χ0n) is 21.8. The van der Waals surface area contributed by atoms with Crippen LogP contribution >= 0.6 is 7.75 Å². The normalized spacial score (nSPS) is 22.6. The average molecular weight is 565 g/mol. The monoisotopic (exact) mass is 564 g/mol. The molecule has 38 heavy (non-hydrogen) atoms. The summed E-state index contributed by atoms with van der Waals surface area (Å²) in [7, 11) is -7.22. The lowest BCUT2D eigenvalue weighted by molar-refractivity contribution is -0.0463. The summed E-state index contributed by atoms with van der Waals surface area (Å²) in [5, 5.41) is 14.8. The van der Waals surface area contributed by atoms with Crippen molar-refractivity contribution in [3.05, 3.63) is 48.5 Å². The van der Waals surface area contributed by atoms with E-state index in [1.54, 1.807) is 34.9 Å². The summed E-state index contributed by atoms with van der Waals surface area (Å²) in [5.74, 6) is -0.186. The van der Waals surface area contributed by atoms with E-state index in [1.807, 2.05) is 33.9 Å². The van der Waals surface area contributed by atoms with Crippen molar-refractivity contribution in [2.45, 2.75) is 63.4 Å². The molecule has 3 heterocycles. The van der Waals surface area contributed by atoms with Gasteiger partial charge in [0, 0.05) is 5.56 Å². The van der Waals surface area contributed by atoms with E-state index in [2.05, 4.69) is 25.4 Å². The van der Waals surface area contributed by atoms with Crippen LogP contribution in [0.15, 0.2) is 43.0 Å². The van der Waals surface area contributed by atoms with Gasteiger partial charge in [0.25, 0.3) is 5.91 Å². The highest BCUT2D eigenvalue weighted by molar-refractivity contribution is 7.49. The van der Waals surface area contributed by atoms with Crippen molar-refractivity contribution < 1.29 is 33.4 Å². The van der Waals surface area contributed by atoms with Crippen LogP contribution in [0.2, 0.25) is 18.1 Å². The molecule has 13 nitrogen and oxygen atoms in total. The van der Waals surface area contributed by atoms with Crippen molar-refractivity contribution in [3.8, 4) is 0 Å². The number of hydrogen-bond donors (Lipinski definition) is 5. The number of aliphatic hydroxyl groups is 1. The van der Waals surface area contributed by atoms with Gasteiger partial charge in [0.1, 0.15) is 18.5 Å². The summed E-state index contributed by atoms with van der Waals surface area (Å²) in [4.78, 5) is 45.1. The number of carbonyl (C=O) groups excluding carboxylic acids is 1. The van der Waals surface area contributed by atoms with Crippen LogP contribution in [0.3, 0.4) is 0 Å². The standard InChI is InChI=1S/C23H33N6O7PSi/c1-23(2,3)38(4,5)36-18-16(28-37(32,33)34)15(11-30)35-22(18)29-13-26-17-19(24-12-25-20(17)29)27-21(31)14-9-7-6-8-10-14/h6-10,12-13,15-16,18,22,30H,11H2,1-5H3,(H,24,25,27,31)(H3,28,32,33,34)/t15-,16-,18-,22-/m1/s1. The Morgan fingerprint density at radius 2 is 1.87 bits per heavy atom. The highest BCUT2D eigenvalue weighted by Crippen LogP contribution is 2.44. The number of aliphatic hydroxyl groups excluding tert-OH is 1. The fourth-order valence-electron chi connectivity index (χ4n) is 4.01. The second-order valence-corrected chi connectivity index (χ2v) is 16.8. The molecule has 0 unspecified atom stereocenters. The van der Waals surface area contributed by atoms with Gasteiger partial charge in [0.2, 0.25) is 0 Å². The number of imidazole rings is 1. The molecule has 1 amide bonds. The zero-order chi connectivity index (χ0) is 27.9. The second kappa shape index (κ2) is 10.5. The van der Waals surface area contributed by atoms with Gasteiger partial charge in [-0.05, 0) is 30.3 Å². The molecule has 4 atom stereocenters. The maximum atomic E-state index is 12.7. The minimum Gasteiger partial charge on any atom is -0.408 e. The number of aromatic nitrogens is 4. The van der Waals surface area contributed by atoms with Crippen molar-refractivity contribution in [2.24, 2.45) is 0 Å². The molecule has 206 valence electrons. The van der Waals surface area contributed by atoms with Crippen LogP contribution in [0.4, 0.5) is 5.82 Å². The van der Waals surface area contributed by atoms with Crippen molar-refractivity contribution in [3.63, 3.8) is 0 Å². The Morgan fingerprint density at radius 3 is 2.47 bits per heavy atom. The van der Waals surface area contributed by atoms with Crippen LogP contribution in [-0.4, -0.2) is 73.5 Å². The van der Waals surface area contributed by atoms with E-state index in [1.165, 1.54) is 12.7 Å². The summed E-state index contributed by atoms with van der Waals surface area (Å²) in [6.07, 6.45) is -0.120. The Bertz CT molecular complexity index is 1340. The molecular formula is C23H33N6O7PSi. The number of nitrogens with zero attached hydrogens (tertiary/aromatic N) is 4. The Morgan fingerprint density at radius 1 is 1.18 bits per heavy atom. The summed E-state index contributed by atoms with van der Waals surface area (Å²) in [6, 6.07) is 7.61. The molecule has 2 aromatic heterocycles. The Hall–Kier alpha value is -2.55. The van der Waals surface area contributed by atoms with Crippen molar-refractivity contribution >= 4 is 39.0 Å². The smallest absolute Gasteiger partial charge is 0.400 e. The van der Waals surface area contributed by atoms with Crippen molar-refractivity contribution in [1.82, 2.24) is 24.6 Å². The summed E-state index contributed by atoms with van der Waals surface area (Å²) < 4.78 is 26.2. The van der Waals surface area contributed by atoms with Gasteiger partial charge < -0.3 is 29.4 Å². The van der Waals surface area contributed by atoms with E-state index >= 15 is 0 Å². The minimum absolute atomic E-state index is 0.186. The Balaban J connectivity index is 1.74. The van der Waals surface area contributed by atoms with Crippen LogP contribution in [0, 0.1) is 0 Å². The predicted molar refractivity (Wildman–Crippen MR) is 142 cm³/mol. The number of anilines is 1. The molecule has 0 aliphatic carbocycles. The maximum absolute atomic E-state index is 12.7. The lowest BCUT2D eigenvalue weighted by Gasteiger charge is -2.40. The van der Waals surface area contributed by atoms with Crippen LogP contribution in [0.25, 0.3) is 11.2 Å². The van der Waals surface area contributed by atoms with Gasteiger partial charge in [0.15, 0.2) is 31.5 Å². The molecule has 1 saturated heterocycles. The van der Waals surface area contributed by atoms with E-state index in [-0.39, 0.29) is 16.8 Å². The zero-order valence-corrected chi connectivity index (χ0v) is 23.7. The van der Waals surface area contributed by atoms with Gasteiger partial charge >= 0.3 is 7.75 Å². The number of nitrogens with one attached hydrogen (secondary N) is 2. The van der Waals surface area contributed by atoms with E-state index in [0.717, 1.165) is 0 Å². The number of amides is 1. The molecule has 1 aliphatic heterocycles. The third-order valence-corrected chi connectivity index (χ3v) is 12.1. The molecule has 5 N–H and O–H groups in total. The van der Waals surface area contributed by atoms with Crippen LogP contribution < -0.4 is 10.4 Å². The summed E-state index contributed by atoms with van der Waals surface area (Å²) in [6.45, 7) is 9.64. The van der Waals surface area contributed by atoms with E-state index in [4.69, 9.17) is 9.16 Å². The molecule has 1 aromatic carbocycles. The van der Waals surface area contributed by atoms with Gasteiger partial charge in [-0.1, -0.05) is 39.0 Å². The number of fused-ring (bicyclic) bond motifs is 1. The largest absolute Gasteiger partial charge is 0.408 e. The Kier molecular flexibility index (Phi) is 7.90. The van der Waals surface area contributed by atoms with Crippen molar-refractivity contribution in [2.75, 3.05) is 11.9 Å². The minimum atomic E-state index is -4.72. The number of hydrogen-bond acceptors (Lipinski definition) is 8. The van der Waals surface area contributed by atoms with E-state index < -0.39 is 47.1 Å². The van der Waals surface area contributed by atoms with E-state index in [0.29, 0.717) is 16.7 Å². The van der Waals surface area contributed by atoms with Crippen LogP contribution in [0.5, 0.6) is 0 Å². The third kappa shape index (κ3) is 5.87. The first kappa shape index (κ1) is 28.5. The third-order valence-electron chi connectivity index (χ3n) is 6.98. The number of carbonyl (C=O) groups is 1. The SMILES string of the molecule is CC(C)(C)[Si](C)(C)O[C@@H]1[C@H](NP(=O)(O)O)[C@@H](CO)O[C@H]1n1cnc2c(NC(=O)c3ccccc3)ncnc21. The van der Waals surface area contributed by atoms with Gasteiger partial charge in [0.05, 0.1) is 19.0 Å². The first-order chi connectivity index (χ1) is 17.7. The second-order valence-electron chi connectivity index (χ2n) is 10.7. The van der Waals surface area contributed by atoms with E-state index in [9.17, 15) is 24.3 Å². The lowest BCUT2D eigenvalue weighted by atomic mass is 10.1. The van der Waals surface area contributed by atoms with Crippen LogP contribution in [-0.2, 0) is 13.7 Å². The molecule has 0 saturated carbocycles. The predicted octanol–water partition coefficient (Wildman–Crippen LogP) is 2.41. The number of rotatable bonds is 8. The van der Waals surface area contributed by atoms with Gasteiger partial charge in [-0.15, -0.1) is 0 Å². The molecule has 3 aromatic rings. The lowest BCUT2D eigenvalue weighted by Crippen LogP contribution is -2.52. The Labute approximate surface area is 221 Å². The van der Waals surface area contributed by atoms with Crippen LogP contribution in [0.1, 0.15) is 37.4 Å². The van der Waals surface area contributed by atoms with Gasteiger partial charge in [-0.3, -0.25) is 9.36 Å². The molecule has 0 bridgehead atoms. The molecule has 1 aliphatic rings. The molecule has 4 rings (SSSR count). The maximum Gasteiger partial charge on any atom is 0.400 e. The molecule has 0 radical (unpaired) electrons. The van der Waals surface area contributed by atoms with Gasteiger partial charge in [-0.25, -0.2) is 24.6 Å². The van der Waals surface area contributed by atoms with Gasteiger partial charge in [-0.2, -0.15) is 0 Å². The fourth-order valence-corrected chi connectivity index (χ4v) is 6.01. The highest BCUT2D eigenvalue weighted by Gasteiger charge is 2.52. The summed E-state index contributed by atoms with van der Waals surface area (Å²) >= 11 is 0. The molecule has 1 fully saturated rings. The van der Waals surface area contributed by atoms with Crippen molar-refractivity contribution in [1.29, 1.82) is 0 Å². The molecular weight excluding hydrogens is 531 g/mol. The first-order valence-corrected chi connectivity index (χ1v) is 16.6. The topological polar surface area (TPSA) is 181 Å². The quantitative estimate of drug-likeness (QED) is 0.200. The average Bonchev–Trinajstić information content (AvgIpc) is 3.40.